The van der Waals surface area contributed by atoms with Gasteiger partial charge in [0.15, 0.2) is 12.3 Å². The molecule has 0 fully saturated rings. The molecule has 0 aliphatic heterocycles. The molecule has 12 heteroatoms. The van der Waals surface area contributed by atoms with E-state index >= 15 is 0 Å². The van der Waals surface area contributed by atoms with Crippen LogP contribution in [-0.2, 0) is 43.4 Å². The molecule has 0 unspecified atom stereocenters. The van der Waals surface area contributed by atoms with E-state index in [0.29, 0.717) is 28.0 Å². The molecule has 224 valence electrons. The van der Waals surface area contributed by atoms with E-state index in [2.05, 4.69) is 28.3 Å². The van der Waals surface area contributed by atoms with Crippen LogP contribution in [0.4, 0.5) is 13.2 Å². The highest BCUT2D eigenvalue weighted by Gasteiger charge is 2.30. The van der Waals surface area contributed by atoms with E-state index in [1.165, 1.54) is 20.3 Å². The van der Waals surface area contributed by atoms with Crippen molar-refractivity contribution in [1.29, 1.82) is 0 Å². The van der Waals surface area contributed by atoms with E-state index < -0.39 is 17.7 Å². The molecule has 0 saturated carbocycles. The van der Waals surface area contributed by atoms with Crippen molar-refractivity contribution in [1.82, 2.24) is 5.48 Å². The number of terminal acetylenes is 1. The maximum absolute atomic E-state index is 13.0. The standard InChI is InChI=1S/C31H28F3N3O6/c1-5-17-42-37-28(21(2)35-43-20-24-10-6-7-12-27(24)29(36-40-4)30(38)39-3)23-13-15-26(16-14-23)41-19-22-9-8-11-25(18-22)31(32,33)34/h1,6-16,18,35H,2,17,19-20H2,3-4H3. The van der Waals surface area contributed by atoms with Gasteiger partial charge in [-0.3, -0.25) is 10.3 Å². The Morgan fingerprint density at radius 1 is 0.977 bits per heavy atom. The van der Waals surface area contributed by atoms with Gasteiger partial charge in [-0.1, -0.05) is 59.2 Å². The van der Waals surface area contributed by atoms with E-state index in [0.717, 1.165) is 12.1 Å². The maximum Gasteiger partial charge on any atom is 0.416 e. The predicted molar refractivity (Wildman–Crippen MR) is 153 cm³/mol. The summed E-state index contributed by atoms with van der Waals surface area (Å²) in [4.78, 5) is 27.8. The first-order valence-electron chi connectivity index (χ1n) is 12.6. The number of nitrogens with zero attached hydrogens (tertiary/aromatic N) is 2. The molecule has 0 saturated heterocycles. The van der Waals surface area contributed by atoms with Gasteiger partial charge in [-0.2, -0.15) is 13.2 Å². The lowest BCUT2D eigenvalue weighted by molar-refractivity contribution is -0.137. The number of allylic oxidation sites excluding steroid dienone is 1. The van der Waals surface area contributed by atoms with Crippen molar-refractivity contribution in [2.45, 2.75) is 19.4 Å². The second-order valence-corrected chi connectivity index (χ2v) is 8.57. The summed E-state index contributed by atoms with van der Waals surface area (Å²) in [6.45, 7) is 3.78. The molecule has 0 spiro atoms. The molecule has 0 aliphatic rings. The summed E-state index contributed by atoms with van der Waals surface area (Å²) >= 11 is 0. The topological polar surface area (TPSA) is 100.0 Å². The van der Waals surface area contributed by atoms with E-state index in [1.54, 1.807) is 54.6 Å². The van der Waals surface area contributed by atoms with Crippen molar-refractivity contribution < 1.29 is 42.0 Å². The number of ether oxygens (including phenoxy) is 2. The number of hydrogen-bond acceptors (Lipinski definition) is 9. The number of nitrogens with one attached hydrogen (secondary N) is 1. The Balaban J connectivity index is 1.69. The molecule has 0 bridgehead atoms. The van der Waals surface area contributed by atoms with Crippen LogP contribution < -0.4 is 10.2 Å². The van der Waals surface area contributed by atoms with Crippen molar-refractivity contribution in [3.8, 4) is 18.1 Å². The van der Waals surface area contributed by atoms with Crippen LogP contribution >= 0.6 is 0 Å². The lowest BCUT2D eigenvalue weighted by Crippen LogP contribution is -2.23. The number of benzene rings is 3. The third kappa shape index (κ3) is 9.37. The highest BCUT2D eigenvalue weighted by atomic mass is 19.4. The molecule has 0 heterocycles. The number of esters is 1. The SMILES string of the molecule is C#CCON=C(C(=C)NOCc1ccccc1C(=NOC)C(=O)OC)c1ccc(OCc2cccc(C(F)(F)F)c2)cc1. The molecule has 1 N–H and O–H groups in total. The summed E-state index contributed by atoms with van der Waals surface area (Å²) in [6.07, 6.45) is 0.821. The van der Waals surface area contributed by atoms with Gasteiger partial charge in [-0.25, -0.2) is 4.79 Å². The number of carbonyl (C=O) groups excluding carboxylic acids is 1. The Labute approximate surface area is 246 Å². The van der Waals surface area contributed by atoms with Crippen molar-refractivity contribution in [2.24, 2.45) is 10.3 Å². The Hall–Kier alpha value is -5.28. The monoisotopic (exact) mass is 595 g/mol. The number of rotatable bonds is 14. The van der Waals surface area contributed by atoms with Gasteiger partial charge in [-0.15, -0.1) is 6.42 Å². The molecular weight excluding hydrogens is 567 g/mol. The normalized spacial score (nSPS) is 11.7. The zero-order chi connectivity index (χ0) is 31.2. The Bertz CT molecular complexity index is 1510. The largest absolute Gasteiger partial charge is 0.489 e. The Morgan fingerprint density at radius 3 is 2.40 bits per heavy atom. The highest BCUT2D eigenvalue weighted by molar-refractivity contribution is 6.43. The molecule has 9 nitrogen and oxygen atoms in total. The number of hydrogen-bond donors (Lipinski definition) is 1. The summed E-state index contributed by atoms with van der Waals surface area (Å²) in [7, 11) is 2.54. The number of halogens is 3. The quantitative estimate of drug-likeness (QED) is 0.0877. The third-order valence-electron chi connectivity index (χ3n) is 5.63. The lowest BCUT2D eigenvalue weighted by atomic mass is 10.0. The van der Waals surface area contributed by atoms with Gasteiger partial charge in [0, 0.05) is 11.1 Å². The molecular formula is C31H28F3N3O6. The third-order valence-corrected chi connectivity index (χ3v) is 5.63. The number of carbonyl (C=O) groups is 1. The van der Waals surface area contributed by atoms with Gasteiger partial charge >= 0.3 is 12.1 Å². The van der Waals surface area contributed by atoms with Gasteiger partial charge in [0.25, 0.3) is 0 Å². The molecule has 0 radical (unpaired) electrons. The molecule has 3 aromatic carbocycles. The van der Waals surface area contributed by atoms with Crippen molar-refractivity contribution >= 4 is 17.4 Å². The smallest absolute Gasteiger partial charge is 0.416 e. The van der Waals surface area contributed by atoms with Crippen molar-refractivity contribution in [3.63, 3.8) is 0 Å². The summed E-state index contributed by atoms with van der Waals surface area (Å²) in [6, 6.07) is 18.3. The van der Waals surface area contributed by atoms with Gasteiger partial charge in [0.1, 0.15) is 31.8 Å². The minimum absolute atomic E-state index is 0.0181. The van der Waals surface area contributed by atoms with Crippen molar-refractivity contribution in [2.75, 3.05) is 20.8 Å². The van der Waals surface area contributed by atoms with E-state index in [4.69, 9.17) is 30.4 Å². The highest BCUT2D eigenvalue weighted by Crippen LogP contribution is 2.30. The van der Waals surface area contributed by atoms with E-state index in [1.807, 2.05) is 0 Å². The molecule has 43 heavy (non-hydrogen) atoms. The van der Waals surface area contributed by atoms with Gasteiger partial charge in [0.05, 0.1) is 18.4 Å². The van der Waals surface area contributed by atoms with Crippen molar-refractivity contribution in [3.05, 3.63) is 113 Å². The second-order valence-electron chi connectivity index (χ2n) is 8.57. The molecule has 3 rings (SSSR count). The van der Waals surface area contributed by atoms with Crippen LogP contribution in [0, 0.1) is 12.3 Å². The van der Waals surface area contributed by atoms with E-state index in [-0.39, 0.29) is 36.9 Å². The van der Waals surface area contributed by atoms with E-state index in [9.17, 15) is 18.0 Å². The average molecular weight is 596 g/mol. The lowest BCUT2D eigenvalue weighted by Gasteiger charge is -2.15. The number of hydroxylamine groups is 1. The van der Waals surface area contributed by atoms with Crippen LogP contribution in [-0.4, -0.2) is 38.2 Å². The van der Waals surface area contributed by atoms with Crippen LogP contribution in [0.5, 0.6) is 5.75 Å². The maximum atomic E-state index is 13.0. The summed E-state index contributed by atoms with van der Waals surface area (Å²) in [5.41, 5.74) is 4.33. The number of alkyl halides is 3. The summed E-state index contributed by atoms with van der Waals surface area (Å²) in [5, 5.41) is 7.83. The van der Waals surface area contributed by atoms with Crippen LogP contribution in [0.25, 0.3) is 0 Å². The fraction of sp³-hybridized carbons (Fsp3) is 0.194. The minimum Gasteiger partial charge on any atom is -0.489 e. The zero-order valence-electron chi connectivity index (χ0n) is 23.3. The van der Waals surface area contributed by atoms with Crippen LogP contribution in [0.3, 0.4) is 0 Å². The Morgan fingerprint density at radius 2 is 1.72 bits per heavy atom. The molecule has 0 aromatic heterocycles. The van der Waals surface area contributed by atoms with Gasteiger partial charge in [-0.05, 0) is 47.5 Å². The first-order chi connectivity index (χ1) is 20.7. The molecule has 0 amide bonds. The first kappa shape index (κ1) is 32.2. The number of oxime groups is 2. The summed E-state index contributed by atoms with van der Waals surface area (Å²) < 4.78 is 49.4. The first-order valence-corrected chi connectivity index (χ1v) is 12.6. The van der Waals surface area contributed by atoms with Gasteiger partial charge < -0.3 is 19.1 Å². The molecule has 0 atom stereocenters. The fourth-order valence-corrected chi connectivity index (χ4v) is 3.64. The summed E-state index contributed by atoms with van der Waals surface area (Å²) in [5.74, 6) is 2.04. The van der Waals surface area contributed by atoms with Crippen LogP contribution in [0.2, 0.25) is 0 Å². The fourth-order valence-electron chi connectivity index (χ4n) is 3.64. The second kappa shape index (κ2) is 15.6. The molecule has 0 aliphatic carbocycles. The van der Waals surface area contributed by atoms with Crippen LogP contribution in [0.15, 0.2) is 95.4 Å². The predicted octanol–water partition coefficient (Wildman–Crippen LogP) is 5.40. The molecule has 3 aromatic rings. The Kier molecular flexibility index (Phi) is 11.7. The average Bonchev–Trinajstić information content (AvgIpc) is 3.01. The number of methoxy groups -OCH3 is 1. The zero-order valence-corrected chi connectivity index (χ0v) is 23.3. The minimum atomic E-state index is -4.44. The van der Waals surface area contributed by atoms with Crippen LogP contribution in [0.1, 0.15) is 27.8 Å². The van der Waals surface area contributed by atoms with Gasteiger partial charge in [0.2, 0.25) is 0 Å².